The van der Waals surface area contributed by atoms with Gasteiger partial charge in [-0.25, -0.2) is 4.57 Å². The van der Waals surface area contributed by atoms with Crippen molar-refractivity contribution in [2.75, 3.05) is 47.5 Å². The molecular formula is C70H117NO8P+. The molecule has 0 bridgehead atoms. The number of phosphoric acid groups is 1. The maximum atomic E-state index is 12.8. The number of carbonyl (C=O) groups excluding carboxylic acids is 2. The number of hydrogen-bond acceptors (Lipinski definition) is 7. The van der Waals surface area contributed by atoms with Gasteiger partial charge in [-0.05, 0) is 122 Å². The van der Waals surface area contributed by atoms with E-state index in [9.17, 15) is 19.0 Å². The summed E-state index contributed by atoms with van der Waals surface area (Å²) in [5, 5.41) is 0. The zero-order valence-electron chi connectivity index (χ0n) is 51.5. The van der Waals surface area contributed by atoms with Gasteiger partial charge >= 0.3 is 19.8 Å². The van der Waals surface area contributed by atoms with E-state index in [1.807, 2.05) is 21.1 Å². The van der Waals surface area contributed by atoms with Crippen molar-refractivity contribution in [3.05, 3.63) is 146 Å². The van der Waals surface area contributed by atoms with Crippen LogP contribution in [0, 0.1) is 0 Å². The molecule has 10 heteroatoms. The van der Waals surface area contributed by atoms with Crippen LogP contribution < -0.4 is 0 Å². The molecule has 0 saturated carbocycles. The molecule has 0 saturated heterocycles. The molecule has 0 aromatic rings. The van der Waals surface area contributed by atoms with Crippen LogP contribution in [0.3, 0.4) is 0 Å². The van der Waals surface area contributed by atoms with Gasteiger partial charge in [0.2, 0.25) is 0 Å². The number of hydrogen-bond donors (Lipinski definition) is 1. The van der Waals surface area contributed by atoms with Gasteiger partial charge in [-0.1, -0.05) is 243 Å². The summed E-state index contributed by atoms with van der Waals surface area (Å²) in [7, 11) is 1.44. The van der Waals surface area contributed by atoms with Crippen LogP contribution in [0.4, 0.5) is 0 Å². The van der Waals surface area contributed by atoms with Crippen molar-refractivity contribution >= 4 is 19.8 Å². The lowest BCUT2D eigenvalue weighted by Gasteiger charge is -2.24. The maximum absolute atomic E-state index is 12.8. The van der Waals surface area contributed by atoms with Gasteiger partial charge in [-0.15, -0.1) is 0 Å². The third-order valence-corrected chi connectivity index (χ3v) is 13.8. The number of ether oxygens (including phenoxy) is 2. The Morgan fingerprint density at radius 3 is 1.06 bits per heavy atom. The van der Waals surface area contributed by atoms with Crippen LogP contribution >= 0.6 is 7.82 Å². The summed E-state index contributed by atoms with van der Waals surface area (Å²) in [5.74, 6) is -0.837. The molecule has 2 atom stereocenters. The topological polar surface area (TPSA) is 108 Å². The van der Waals surface area contributed by atoms with E-state index < -0.39 is 26.5 Å². The molecule has 454 valence electrons. The van der Waals surface area contributed by atoms with E-state index in [0.717, 1.165) is 135 Å². The Bertz CT molecular complexity index is 1860. The number of phosphoric ester groups is 1. The number of unbranched alkanes of at least 4 members (excludes halogenated alkanes) is 18. The van der Waals surface area contributed by atoms with Gasteiger partial charge in [0.15, 0.2) is 6.10 Å². The average molecular weight is 1130 g/mol. The van der Waals surface area contributed by atoms with E-state index in [1.165, 1.54) is 64.2 Å². The Morgan fingerprint density at radius 1 is 0.400 bits per heavy atom. The number of likely N-dealkylation sites (N-methyl/N-ethyl adjacent to an activating group) is 1. The van der Waals surface area contributed by atoms with E-state index in [-0.39, 0.29) is 32.0 Å². The summed E-state index contributed by atoms with van der Waals surface area (Å²) >= 11 is 0. The first kappa shape index (κ1) is 75.9. The number of allylic oxidation sites excluding steroid dienone is 24. The lowest BCUT2D eigenvalue weighted by molar-refractivity contribution is -0.870. The van der Waals surface area contributed by atoms with Crippen LogP contribution in [0.5, 0.6) is 0 Å². The summed E-state index contributed by atoms with van der Waals surface area (Å²) in [4.78, 5) is 35.8. The predicted octanol–water partition coefficient (Wildman–Crippen LogP) is 20.3. The third-order valence-electron chi connectivity index (χ3n) is 12.9. The average Bonchev–Trinajstić information content (AvgIpc) is 3.42. The van der Waals surface area contributed by atoms with Crippen molar-refractivity contribution < 1.29 is 42.1 Å². The maximum Gasteiger partial charge on any atom is 0.472 e. The van der Waals surface area contributed by atoms with Crippen molar-refractivity contribution in [3.8, 4) is 0 Å². The third kappa shape index (κ3) is 63.1. The van der Waals surface area contributed by atoms with Crippen LogP contribution in [-0.2, 0) is 32.7 Å². The highest BCUT2D eigenvalue weighted by atomic mass is 31.2. The van der Waals surface area contributed by atoms with Crippen molar-refractivity contribution in [1.82, 2.24) is 0 Å². The molecule has 0 aromatic heterocycles. The van der Waals surface area contributed by atoms with Gasteiger partial charge in [0.25, 0.3) is 0 Å². The molecule has 0 amide bonds. The van der Waals surface area contributed by atoms with E-state index in [4.69, 9.17) is 18.5 Å². The van der Waals surface area contributed by atoms with E-state index >= 15 is 0 Å². The number of rotatable bonds is 56. The number of esters is 2. The fourth-order valence-electron chi connectivity index (χ4n) is 8.01. The summed E-state index contributed by atoms with van der Waals surface area (Å²) < 4.78 is 34.6. The van der Waals surface area contributed by atoms with E-state index in [1.54, 1.807) is 0 Å². The minimum atomic E-state index is -4.41. The second-order valence-electron chi connectivity index (χ2n) is 21.7. The molecule has 80 heavy (non-hydrogen) atoms. The first-order chi connectivity index (χ1) is 39.0. The van der Waals surface area contributed by atoms with Gasteiger partial charge in [0, 0.05) is 12.8 Å². The highest BCUT2D eigenvalue weighted by molar-refractivity contribution is 7.47. The molecule has 0 fully saturated rings. The quantitative estimate of drug-likeness (QED) is 0.0211. The largest absolute Gasteiger partial charge is 0.472 e. The van der Waals surface area contributed by atoms with Crippen LogP contribution in [-0.4, -0.2) is 74.9 Å². The SMILES string of the molecule is CC/C=C\C/C=C\C/C=C\C/C=C\C/C=C\C/C=C\C/C=C\C/C=C\C/C=C\CCCCCCCC(=O)OC(COC(=O)CCCCCCCCCC/C=C\C/C=C\C/C=C\CCCCCCC)COP(=O)(O)OCC[N+](C)(C)C. The fourth-order valence-corrected chi connectivity index (χ4v) is 8.76. The number of nitrogens with zero attached hydrogens (tertiary/aromatic N) is 1. The van der Waals surface area contributed by atoms with Crippen molar-refractivity contribution in [1.29, 1.82) is 0 Å². The minimum Gasteiger partial charge on any atom is -0.462 e. The Labute approximate surface area is 491 Å². The first-order valence-corrected chi connectivity index (χ1v) is 33.1. The normalized spacial score (nSPS) is 14.2. The summed E-state index contributed by atoms with van der Waals surface area (Å²) in [6, 6.07) is 0. The Balaban J connectivity index is 4.25. The fraction of sp³-hybridized carbons (Fsp3) is 0.629. The Hall–Kier alpha value is -4.11. The first-order valence-electron chi connectivity index (χ1n) is 31.6. The van der Waals surface area contributed by atoms with Crippen molar-refractivity contribution in [2.45, 2.75) is 238 Å². The smallest absolute Gasteiger partial charge is 0.462 e. The molecule has 0 aliphatic carbocycles. The molecule has 0 spiro atoms. The zero-order valence-corrected chi connectivity index (χ0v) is 52.4. The minimum absolute atomic E-state index is 0.0178. The highest BCUT2D eigenvalue weighted by Gasteiger charge is 2.27. The van der Waals surface area contributed by atoms with Gasteiger partial charge in [0.05, 0.1) is 27.7 Å². The molecule has 0 radical (unpaired) electrons. The molecule has 0 heterocycles. The molecule has 9 nitrogen and oxygen atoms in total. The molecule has 0 rings (SSSR count). The van der Waals surface area contributed by atoms with Crippen molar-refractivity contribution in [3.63, 3.8) is 0 Å². The molecular weight excluding hydrogens is 1010 g/mol. The molecule has 1 N–H and O–H groups in total. The van der Waals surface area contributed by atoms with Crippen LogP contribution in [0.2, 0.25) is 0 Å². The monoisotopic (exact) mass is 1130 g/mol. The lowest BCUT2D eigenvalue weighted by Crippen LogP contribution is -2.37. The molecule has 0 aromatic carbocycles. The lowest BCUT2D eigenvalue weighted by atomic mass is 10.1. The second-order valence-corrected chi connectivity index (χ2v) is 23.2. The van der Waals surface area contributed by atoms with E-state index in [0.29, 0.717) is 17.4 Å². The van der Waals surface area contributed by atoms with Gasteiger partial charge in [-0.2, -0.15) is 0 Å². The Morgan fingerprint density at radius 2 is 0.713 bits per heavy atom. The van der Waals surface area contributed by atoms with Crippen LogP contribution in [0.25, 0.3) is 0 Å². The predicted molar refractivity (Wildman–Crippen MR) is 343 cm³/mol. The van der Waals surface area contributed by atoms with Gasteiger partial charge in [-0.3, -0.25) is 18.6 Å². The summed E-state index contributed by atoms with van der Waals surface area (Å²) in [5.41, 5.74) is 0. The summed E-state index contributed by atoms with van der Waals surface area (Å²) in [6.45, 7) is 4.26. The second kappa shape index (κ2) is 59.5. The van der Waals surface area contributed by atoms with Gasteiger partial charge in [0.1, 0.15) is 19.8 Å². The van der Waals surface area contributed by atoms with Crippen LogP contribution in [0.15, 0.2) is 146 Å². The number of carbonyl (C=O) groups is 2. The van der Waals surface area contributed by atoms with Gasteiger partial charge < -0.3 is 18.9 Å². The highest BCUT2D eigenvalue weighted by Crippen LogP contribution is 2.43. The Kier molecular flexibility index (Phi) is 56.5. The molecule has 0 aliphatic rings. The molecule has 2 unspecified atom stereocenters. The summed E-state index contributed by atoms with van der Waals surface area (Å²) in [6.07, 6.45) is 87.7. The number of quaternary nitrogens is 1. The molecule has 0 aliphatic heterocycles. The van der Waals surface area contributed by atoms with Crippen LogP contribution in [0.1, 0.15) is 232 Å². The zero-order chi connectivity index (χ0) is 58.4. The van der Waals surface area contributed by atoms with Crippen molar-refractivity contribution in [2.24, 2.45) is 0 Å². The van der Waals surface area contributed by atoms with E-state index in [2.05, 4.69) is 160 Å². The standard InChI is InChI=1S/C70H116NO8P/c1-6-8-10-12-14-16-18-20-22-24-26-28-30-31-32-33-34-35-36-37-38-39-41-43-45-47-49-51-53-55-57-59-61-63-70(73)79-68(67-78-80(74,75)77-65-64-71(3,4)5)66-76-69(72)62-60-58-56-54-52-50-48-46-44-42-40-29-27-25-23-21-19-17-15-13-11-9-7-2/h8,10,14,16,19-22,25-28,31-32,34-35,37-38,40-43,47,49,68H,6-7,9,11-13,15,17-18,23-24,29-30,33,36,39,44-46,48,50-67H2,1-5H3/p+1/b10-8-,16-14-,21-19-,22-20-,27-25-,28-26-,32-31-,35-34-,38-37-,42-40-,43-41-,49-47-.